The SMILES string of the molecule is CC(=O)c1c(C)oc2c1c1c(c3ccccc32)OC[NH+](Cc2ccco2)C1. The third-order valence-electron chi connectivity index (χ3n) is 5.28. The summed E-state index contributed by atoms with van der Waals surface area (Å²) in [6, 6.07) is 11.9. The van der Waals surface area contributed by atoms with Gasteiger partial charge in [-0.25, -0.2) is 0 Å². The van der Waals surface area contributed by atoms with E-state index >= 15 is 0 Å². The third kappa shape index (κ3) is 2.46. The molecule has 5 rings (SSSR count). The van der Waals surface area contributed by atoms with Gasteiger partial charge >= 0.3 is 0 Å². The highest BCUT2D eigenvalue weighted by Crippen LogP contribution is 2.42. The summed E-state index contributed by atoms with van der Waals surface area (Å²) in [5, 5.41) is 2.91. The molecular weight excluding hydrogens is 342 g/mol. The Morgan fingerprint density at radius 3 is 2.70 bits per heavy atom. The Morgan fingerprint density at radius 2 is 1.96 bits per heavy atom. The molecule has 1 unspecified atom stereocenters. The fourth-order valence-electron chi connectivity index (χ4n) is 4.18. The third-order valence-corrected chi connectivity index (χ3v) is 5.28. The maximum absolute atomic E-state index is 12.4. The van der Waals surface area contributed by atoms with Crippen LogP contribution in [0.15, 0.2) is 51.5 Å². The summed E-state index contributed by atoms with van der Waals surface area (Å²) in [6.45, 7) is 5.48. The molecule has 27 heavy (non-hydrogen) atoms. The lowest BCUT2D eigenvalue weighted by Crippen LogP contribution is -3.10. The summed E-state index contributed by atoms with van der Waals surface area (Å²) in [5.74, 6) is 2.46. The molecule has 0 saturated carbocycles. The van der Waals surface area contributed by atoms with E-state index in [1.807, 2.05) is 37.3 Å². The van der Waals surface area contributed by atoms with Gasteiger partial charge in [-0.2, -0.15) is 0 Å². The zero-order chi connectivity index (χ0) is 18.5. The average molecular weight is 362 g/mol. The zero-order valence-electron chi connectivity index (χ0n) is 15.3. The van der Waals surface area contributed by atoms with Crippen molar-refractivity contribution in [3.8, 4) is 5.75 Å². The van der Waals surface area contributed by atoms with Gasteiger partial charge in [0.05, 0.1) is 17.4 Å². The van der Waals surface area contributed by atoms with Gasteiger partial charge in [-0.05, 0) is 26.0 Å². The summed E-state index contributed by atoms with van der Waals surface area (Å²) in [4.78, 5) is 13.6. The van der Waals surface area contributed by atoms with E-state index in [-0.39, 0.29) is 5.78 Å². The Bertz CT molecular complexity index is 1170. The lowest BCUT2D eigenvalue weighted by atomic mass is 9.95. The number of Topliss-reactive ketones (excluding diaryl/α,β-unsaturated/α-hetero) is 1. The second kappa shape index (κ2) is 5.99. The minimum absolute atomic E-state index is 0.0156. The molecule has 0 aliphatic carbocycles. The van der Waals surface area contributed by atoms with E-state index in [4.69, 9.17) is 13.6 Å². The first-order valence-corrected chi connectivity index (χ1v) is 9.10. The summed E-state index contributed by atoms with van der Waals surface area (Å²) in [6.07, 6.45) is 1.69. The molecule has 136 valence electrons. The molecule has 0 fully saturated rings. The Kier molecular flexibility index (Phi) is 3.58. The second-order valence-corrected chi connectivity index (χ2v) is 7.12. The minimum Gasteiger partial charge on any atom is -0.463 e. The van der Waals surface area contributed by atoms with Gasteiger partial charge in [-0.3, -0.25) is 9.69 Å². The van der Waals surface area contributed by atoms with E-state index in [9.17, 15) is 4.79 Å². The van der Waals surface area contributed by atoms with E-state index < -0.39 is 0 Å². The lowest BCUT2D eigenvalue weighted by Gasteiger charge is -2.27. The molecule has 1 aliphatic heterocycles. The number of nitrogens with one attached hydrogen (secondary N) is 1. The van der Waals surface area contributed by atoms with E-state index in [1.165, 1.54) is 4.90 Å². The molecule has 3 heterocycles. The molecule has 0 radical (unpaired) electrons. The van der Waals surface area contributed by atoms with Crippen LogP contribution in [-0.2, 0) is 13.1 Å². The van der Waals surface area contributed by atoms with Gasteiger partial charge in [0.1, 0.15) is 30.2 Å². The molecule has 1 N–H and O–H groups in total. The average Bonchev–Trinajstić information content (AvgIpc) is 3.29. The largest absolute Gasteiger partial charge is 0.463 e. The summed E-state index contributed by atoms with van der Waals surface area (Å²) in [7, 11) is 0. The topological polar surface area (TPSA) is 57.0 Å². The first-order chi connectivity index (χ1) is 13.1. The van der Waals surface area contributed by atoms with E-state index in [0.29, 0.717) is 18.1 Å². The van der Waals surface area contributed by atoms with Crippen LogP contribution in [0.2, 0.25) is 0 Å². The van der Waals surface area contributed by atoms with Gasteiger partial charge in [0, 0.05) is 16.2 Å². The Labute approximate surface area is 156 Å². The maximum atomic E-state index is 12.4. The molecule has 0 spiro atoms. The first-order valence-electron chi connectivity index (χ1n) is 9.10. The Balaban J connectivity index is 1.75. The number of quaternary nitrogens is 1. The van der Waals surface area contributed by atoms with Crippen LogP contribution in [0.25, 0.3) is 21.7 Å². The number of fused-ring (bicyclic) bond motifs is 6. The van der Waals surface area contributed by atoms with Crippen LogP contribution in [0, 0.1) is 6.92 Å². The number of benzene rings is 2. The number of rotatable bonds is 3. The van der Waals surface area contributed by atoms with E-state index in [2.05, 4.69) is 6.07 Å². The Hall–Kier alpha value is -3.05. The predicted molar refractivity (Wildman–Crippen MR) is 101 cm³/mol. The summed E-state index contributed by atoms with van der Waals surface area (Å²) in [5.41, 5.74) is 2.48. The van der Waals surface area contributed by atoms with Gasteiger partial charge in [0.15, 0.2) is 11.5 Å². The van der Waals surface area contributed by atoms with Gasteiger partial charge in [-0.1, -0.05) is 24.3 Å². The second-order valence-electron chi connectivity index (χ2n) is 7.12. The Morgan fingerprint density at radius 1 is 1.15 bits per heavy atom. The predicted octanol–water partition coefficient (Wildman–Crippen LogP) is 3.63. The number of ketones is 1. The number of hydrogen-bond acceptors (Lipinski definition) is 4. The number of aryl methyl sites for hydroxylation is 1. The summed E-state index contributed by atoms with van der Waals surface area (Å²) >= 11 is 0. The highest BCUT2D eigenvalue weighted by molar-refractivity contribution is 6.17. The summed E-state index contributed by atoms with van der Waals surface area (Å²) < 4.78 is 17.8. The highest BCUT2D eigenvalue weighted by Gasteiger charge is 2.30. The quantitative estimate of drug-likeness (QED) is 0.566. The number of carbonyl (C=O) groups excluding carboxylic acids is 1. The minimum atomic E-state index is 0.0156. The van der Waals surface area contributed by atoms with E-state index in [1.54, 1.807) is 13.2 Å². The smallest absolute Gasteiger partial charge is 0.223 e. The van der Waals surface area contributed by atoms with Crippen LogP contribution in [0.4, 0.5) is 0 Å². The molecule has 1 atom stereocenters. The number of ether oxygens (including phenoxy) is 1. The van der Waals surface area contributed by atoms with Crippen molar-refractivity contribution in [2.24, 2.45) is 0 Å². The van der Waals surface area contributed by atoms with Gasteiger partial charge < -0.3 is 13.6 Å². The van der Waals surface area contributed by atoms with Crippen molar-refractivity contribution >= 4 is 27.5 Å². The van der Waals surface area contributed by atoms with Crippen molar-refractivity contribution in [2.45, 2.75) is 26.9 Å². The molecule has 0 bridgehead atoms. The zero-order valence-corrected chi connectivity index (χ0v) is 15.3. The standard InChI is InChI=1S/C22H19NO4/c1-13(24)19-14(2)27-22-17-8-4-3-7-16(17)21-18(20(19)22)11-23(12-26-21)10-15-6-5-9-25-15/h3-9H,10-12H2,1-2H3/p+1. The normalized spacial score (nSPS) is 16.4. The molecule has 1 aliphatic rings. The van der Waals surface area contributed by atoms with Crippen molar-refractivity contribution in [1.29, 1.82) is 0 Å². The van der Waals surface area contributed by atoms with Gasteiger partial charge in [0.25, 0.3) is 0 Å². The van der Waals surface area contributed by atoms with Crippen LogP contribution in [0.1, 0.15) is 34.4 Å². The molecule has 4 aromatic rings. The number of hydrogen-bond donors (Lipinski definition) is 1. The van der Waals surface area contributed by atoms with Crippen LogP contribution in [0.5, 0.6) is 5.75 Å². The van der Waals surface area contributed by atoms with Crippen molar-refractivity contribution in [3.63, 3.8) is 0 Å². The molecule has 0 amide bonds. The number of furan rings is 2. The van der Waals surface area contributed by atoms with E-state index in [0.717, 1.165) is 51.9 Å². The maximum Gasteiger partial charge on any atom is 0.223 e. The monoisotopic (exact) mass is 362 g/mol. The van der Waals surface area contributed by atoms with Gasteiger partial charge in [-0.15, -0.1) is 0 Å². The first kappa shape index (κ1) is 16.1. The van der Waals surface area contributed by atoms with Crippen molar-refractivity contribution in [2.75, 3.05) is 6.73 Å². The highest BCUT2D eigenvalue weighted by atomic mass is 16.5. The fraction of sp³-hybridized carbons (Fsp3) is 0.227. The molecule has 0 saturated heterocycles. The van der Waals surface area contributed by atoms with Crippen molar-refractivity contribution in [1.82, 2.24) is 0 Å². The number of carbonyl (C=O) groups is 1. The van der Waals surface area contributed by atoms with Crippen molar-refractivity contribution < 1.29 is 23.3 Å². The van der Waals surface area contributed by atoms with Gasteiger partial charge in [0.2, 0.25) is 6.73 Å². The molecule has 5 nitrogen and oxygen atoms in total. The molecule has 2 aromatic carbocycles. The van der Waals surface area contributed by atoms with Crippen LogP contribution < -0.4 is 9.64 Å². The lowest BCUT2D eigenvalue weighted by molar-refractivity contribution is -0.946. The van der Waals surface area contributed by atoms with Crippen LogP contribution >= 0.6 is 0 Å². The molecule has 2 aromatic heterocycles. The van der Waals surface area contributed by atoms with Crippen LogP contribution in [0.3, 0.4) is 0 Å². The van der Waals surface area contributed by atoms with Crippen molar-refractivity contribution in [3.05, 3.63) is 65.3 Å². The van der Waals surface area contributed by atoms with Crippen LogP contribution in [-0.4, -0.2) is 12.5 Å². The molecule has 5 heteroatoms. The fourth-order valence-corrected chi connectivity index (χ4v) is 4.18. The molecular formula is C22H20NO4+.